The molecule has 0 radical (unpaired) electrons. The Morgan fingerprint density at radius 1 is 0.897 bits per heavy atom. The zero-order valence-corrected chi connectivity index (χ0v) is 17.7. The van der Waals surface area contributed by atoms with Gasteiger partial charge >= 0.3 is 0 Å². The maximum atomic E-state index is 13.4. The molecule has 5 nitrogen and oxygen atoms in total. The van der Waals surface area contributed by atoms with Crippen LogP contribution in [0.1, 0.15) is 32.1 Å². The van der Waals surface area contributed by atoms with Gasteiger partial charge in [-0.2, -0.15) is 0 Å². The molecule has 0 amide bonds. The van der Waals surface area contributed by atoms with Gasteiger partial charge in [-0.05, 0) is 43.5 Å². The summed E-state index contributed by atoms with van der Waals surface area (Å²) in [6, 6.07) is 15.4. The summed E-state index contributed by atoms with van der Waals surface area (Å²) in [6.45, 7) is 3.71. The van der Waals surface area contributed by atoms with Crippen LogP contribution >= 0.6 is 0 Å². The third-order valence-electron chi connectivity index (χ3n) is 5.38. The lowest BCUT2D eigenvalue weighted by Crippen LogP contribution is -2.33. The summed E-state index contributed by atoms with van der Waals surface area (Å²) in [4.78, 5) is 12.0. The fourth-order valence-electron chi connectivity index (χ4n) is 3.69. The van der Waals surface area contributed by atoms with E-state index in [1.807, 2.05) is 0 Å². The Bertz CT molecular complexity index is 1090. The van der Waals surface area contributed by atoms with Gasteiger partial charge in [0.2, 0.25) is 9.84 Å². The number of carbonyl (C=O) groups is 1. The molecular weight excluding hydrogens is 408 g/mol. The number of carbonyl (C=O) groups excluding carboxylic acids is 1. The molecule has 1 fully saturated rings. The molecule has 2 aromatic rings. The second-order valence-electron chi connectivity index (χ2n) is 7.27. The molecule has 1 aliphatic carbocycles. The van der Waals surface area contributed by atoms with Gasteiger partial charge in [-0.15, -0.1) is 0 Å². The molecular formula is C22H24O5S2. The summed E-state index contributed by atoms with van der Waals surface area (Å²) in [5.41, 5.74) is 0. The Labute approximate surface area is 172 Å². The molecule has 29 heavy (non-hydrogen) atoms. The number of Topliss-reactive ketones (excluding diaryl/α,β-unsaturated/α-hetero) is 1. The standard InChI is InChI=1S/C22H24O5S2/c1-17(28(24,25)19-11-4-2-5-12-19)22(16-18-10-8-9-15-21(18)23)29(26,27)20-13-6-3-7-14-20/h2-7,11-14,18,22H,1,8-10,15-16H2. The van der Waals surface area contributed by atoms with Crippen molar-refractivity contribution in [2.75, 3.05) is 0 Å². The van der Waals surface area contributed by atoms with Gasteiger partial charge in [0.05, 0.1) is 14.7 Å². The first-order valence-electron chi connectivity index (χ1n) is 9.55. The Morgan fingerprint density at radius 3 is 2.00 bits per heavy atom. The SMILES string of the molecule is C=C(C(CC1CCCCC1=O)S(=O)(=O)c1ccccc1)S(=O)(=O)c1ccccc1. The Morgan fingerprint density at radius 2 is 1.45 bits per heavy atom. The number of rotatable bonds is 7. The molecule has 0 aromatic heterocycles. The van der Waals surface area contributed by atoms with Crippen LogP contribution in [0.2, 0.25) is 0 Å². The first-order valence-corrected chi connectivity index (χ1v) is 12.6. The maximum Gasteiger partial charge on any atom is 0.203 e. The van der Waals surface area contributed by atoms with E-state index >= 15 is 0 Å². The number of benzene rings is 2. The molecule has 0 bridgehead atoms. The van der Waals surface area contributed by atoms with Gasteiger partial charge in [-0.3, -0.25) is 4.79 Å². The zero-order chi connectivity index (χ0) is 21.1. The predicted octanol–water partition coefficient (Wildman–Crippen LogP) is 3.97. The van der Waals surface area contributed by atoms with Crippen LogP contribution in [0.3, 0.4) is 0 Å². The fraction of sp³-hybridized carbons (Fsp3) is 0.318. The highest BCUT2D eigenvalue weighted by atomic mass is 32.2. The summed E-state index contributed by atoms with van der Waals surface area (Å²) in [5, 5.41) is -1.39. The minimum absolute atomic E-state index is 0.00517. The second kappa shape index (κ2) is 8.63. The number of sulfone groups is 2. The first-order chi connectivity index (χ1) is 13.7. The van der Waals surface area contributed by atoms with E-state index in [4.69, 9.17) is 0 Å². The minimum Gasteiger partial charge on any atom is -0.299 e. The summed E-state index contributed by atoms with van der Waals surface area (Å²) in [5.74, 6) is -0.482. The smallest absolute Gasteiger partial charge is 0.203 e. The normalized spacial score (nSPS) is 18.9. The summed E-state index contributed by atoms with van der Waals surface area (Å²) >= 11 is 0. The van der Waals surface area contributed by atoms with Gasteiger partial charge in [0, 0.05) is 12.3 Å². The average molecular weight is 433 g/mol. The van der Waals surface area contributed by atoms with E-state index in [0.29, 0.717) is 12.8 Å². The largest absolute Gasteiger partial charge is 0.299 e. The highest BCUT2D eigenvalue weighted by molar-refractivity contribution is 7.98. The molecule has 0 N–H and O–H groups in total. The molecule has 1 saturated carbocycles. The number of hydrogen-bond acceptors (Lipinski definition) is 5. The molecule has 0 aliphatic heterocycles. The van der Waals surface area contributed by atoms with Crippen LogP contribution in [0.5, 0.6) is 0 Å². The monoisotopic (exact) mass is 432 g/mol. The minimum atomic E-state index is -4.08. The Balaban J connectivity index is 2.05. The van der Waals surface area contributed by atoms with E-state index in [0.717, 1.165) is 12.8 Å². The van der Waals surface area contributed by atoms with Crippen LogP contribution in [0, 0.1) is 5.92 Å². The first kappa shape index (κ1) is 21.5. The van der Waals surface area contributed by atoms with Crippen LogP contribution in [-0.2, 0) is 24.5 Å². The van der Waals surface area contributed by atoms with Gasteiger partial charge in [0.1, 0.15) is 11.0 Å². The molecule has 0 saturated heterocycles. The highest BCUT2D eigenvalue weighted by Gasteiger charge is 2.39. The topological polar surface area (TPSA) is 85.3 Å². The van der Waals surface area contributed by atoms with Crippen molar-refractivity contribution in [2.24, 2.45) is 5.92 Å². The number of ketones is 1. The van der Waals surface area contributed by atoms with Crippen molar-refractivity contribution in [3.8, 4) is 0 Å². The second-order valence-corrected chi connectivity index (χ2v) is 11.4. The highest BCUT2D eigenvalue weighted by Crippen LogP contribution is 2.35. The van der Waals surface area contributed by atoms with E-state index < -0.39 is 30.8 Å². The lowest BCUT2D eigenvalue weighted by molar-refractivity contribution is -0.124. The van der Waals surface area contributed by atoms with E-state index in [9.17, 15) is 21.6 Å². The van der Waals surface area contributed by atoms with Gasteiger partial charge in [0.25, 0.3) is 0 Å². The zero-order valence-electron chi connectivity index (χ0n) is 16.0. The summed E-state index contributed by atoms with van der Waals surface area (Å²) in [7, 11) is -8.13. The van der Waals surface area contributed by atoms with Crippen molar-refractivity contribution < 1.29 is 21.6 Å². The third kappa shape index (κ3) is 4.51. The Hall–Kier alpha value is -2.25. The summed E-state index contributed by atoms with van der Waals surface area (Å²) < 4.78 is 53.0. The van der Waals surface area contributed by atoms with Crippen LogP contribution in [0.4, 0.5) is 0 Å². The van der Waals surface area contributed by atoms with E-state index in [-0.39, 0.29) is 26.9 Å². The van der Waals surface area contributed by atoms with Crippen molar-refractivity contribution in [1.29, 1.82) is 0 Å². The quantitative estimate of drug-likeness (QED) is 0.661. The molecule has 1 aliphatic rings. The predicted molar refractivity (Wildman–Crippen MR) is 112 cm³/mol. The lowest BCUT2D eigenvalue weighted by Gasteiger charge is -2.27. The third-order valence-corrected chi connectivity index (χ3v) is 9.56. The molecule has 154 valence electrons. The van der Waals surface area contributed by atoms with Gasteiger partial charge in [0.15, 0.2) is 9.84 Å². The van der Waals surface area contributed by atoms with Crippen molar-refractivity contribution in [3.05, 3.63) is 72.1 Å². The van der Waals surface area contributed by atoms with E-state index in [1.165, 1.54) is 24.3 Å². The van der Waals surface area contributed by atoms with Crippen molar-refractivity contribution >= 4 is 25.5 Å². The molecule has 0 spiro atoms. The summed E-state index contributed by atoms with van der Waals surface area (Å²) in [6.07, 6.45) is 2.51. The molecule has 2 atom stereocenters. The van der Waals surface area contributed by atoms with Crippen molar-refractivity contribution in [1.82, 2.24) is 0 Å². The molecule has 2 unspecified atom stereocenters. The van der Waals surface area contributed by atoms with Gasteiger partial charge < -0.3 is 0 Å². The van der Waals surface area contributed by atoms with Crippen molar-refractivity contribution in [3.63, 3.8) is 0 Å². The molecule has 3 rings (SSSR count). The van der Waals surface area contributed by atoms with Crippen LogP contribution in [0.15, 0.2) is 81.9 Å². The van der Waals surface area contributed by atoms with Gasteiger partial charge in [-0.1, -0.05) is 49.4 Å². The average Bonchev–Trinajstić information content (AvgIpc) is 2.74. The maximum absolute atomic E-state index is 13.4. The van der Waals surface area contributed by atoms with Crippen LogP contribution < -0.4 is 0 Å². The molecule has 7 heteroatoms. The van der Waals surface area contributed by atoms with Crippen LogP contribution in [0.25, 0.3) is 0 Å². The molecule has 0 heterocycles. The molecule has 2 aromatic carbocycles. The van der Waals surface area contributed by atoms with Crippen LogP contribution in [-0.4, -0.2) is 27.9 Å². The lowest BCUT2D eigenvalue weighted by atomic mass is 9.85. The van der Waals surface area contributed by atoms with E-state index in [1.54, 1.807) is 36.4 Å². The number of hydrogen-bond donors (Lipinski definition) is 0. The fourth-order valence-corrected chi connectivity index (χ4v) is 7.41. The van der Waals surface area contributed by atoms with E-state index in [2.05, 4.69) is 6.58 Å². The van der Waals surface area contributed by atoms with Crippen molar-refractivity contribution in [2.45, 2.75) is 47.1 Å². The van der Waals surface area contributed by atoms with Gasteiger partial charge in [-0.25, -0.2) is 16.8 Å². The Kier molecular flexibility index (Phi) is 6.39.